The highest BCUT2D eigenvalue weighted by atomic mass is 19.1. The molecule has 0 spiro atoms. The molecule has 9 rings (SSSR count). The minimum absolute atomic E-state index is 0.0765. The highest BCUT2D eigenvalue weighted by Crippen LogP contribution is 2.46. The Balaban J connectivity index is 1.35. The van der Waals surface area contributed by atoms with Crippen molar-refractivity contribution < 1.29 is 27.4 Å². The zero-order valence-electron chi connectivity index (χ0n) is 18.8. The molecule has 3 aliphatic rings. The lowest BCUT2D eigenvalue weighted by Crippen LogP contribution is -2.60. The van der Waals surface area contributed by atoms with Crippen LogP contribution in [0.25, 0.3) is 33.2 Å². The molecule has 2 aromatic heterocycles. The van der Waals surface area contributed by atoms with Gasteiger partial charge in [0.25, 0.3) is 6.71 Å². The van der Waals surface area contributed by atoms with Gasteiger partial charge in [-0.3, -0.25) is 4.98 Å². The number of benzene rings is 4. The van der Waals surface area contributed by atoms with Crippen LogP contribution in [0.2, 0.25) is 0 Å². The monoisotopic (exact) mass is 487 g/mol. The van der Waals surface area contributed by atoms with Crippen molar-refractivity contribution in [1.82, 2.24) is 4.98 Å². The summed E-state index contributed by atoms with van der Waals surface area (Å²) in [6.45, 7) is -0.497. The van der Waals surface area contributed by atoms with Crippen LogP contribution in [0.4, 0.5) is 8.78 Å². The number of hydrogen-bond donors (Lipinski definition) is 0. The van der Waals surface area contributed by atoms with E-state index in [2.05, 4.69) is 4.98 Å². The molecule has 8 heteroatoms. The molecule has 0 saturated carbocycles. The number of furan rings is 1. The summed E-state index contributed by atoms with van der Waals surface area (Å²) in [4.78, 5) is 4.49. The van der Waals surface area contributed by atoms with Crippen LogP contribution in [0.3, 0.4) is 0 Å². The number of fused-ring (bicyclic) bond motifs is 3. The molecule has 5 heterocycles. The molecular formula is C29H12BF2NO4. The van der Waals surface area contributed by atoms with Crippen molar-refractivity contribution in [1.29, 1.82) is 0 Å². The third kappa shape index (κ3) is 2.35. The summed E-state index contributed by atoms with van der Waals surface area (Å²) in [7, 11) is 0. The van der Waals surface area contributed by atoms with Crippen molar-refractivity contribution in [3.63, 3.8) is 0 Å². The van der Waals surface area contributed by atoms with Crippen LogP contribution in [-0.4, -0.2) is 11.7 Å². The highest BCUT2D eigenvalue weighted by molar-refractivity contribution is 6.99. The van der Waals surface area contributed by atoms with E-state index in [0.717, 1.165) is 27.5 Å². The first-order valence-corrected chi connectivity index (χ1v) is 11.8. The number of nitrogens with zero attached hydrogens (tertiary/aromatic N) is 1. The second kappa shape index (κ2) is 6.47. The standard InChI is InChI=1S/C29H12BF2NO4/c31-16-5-9-19-24-28(16)36-21-8-4-14(13-3-7-18-15(12-13)26-22(34-18)2-1-11-33-26)27-23(21)30(24)25-20(35-19)10-6-17(32)29(25)37-27/h1-12H. The van der Waals surface area contributed by atoms with E-state index in [1.54, 1.807) is 18.3 Å². The first-order valence-electron chi connectivity index (χ1n) is 11.8. The molecule has 3 aliphatic heterocycles. The zero-order valence-corrected chi connectivity index (χ0v) is 18.8. The fourth-order valence-electron chi connectivity index (χ4n) is 5.85. The molecule has 0 bridgehead atoms. The molecule has 0 radical (unpaired) electrons. The fourth-order valence-corrected chi connectivity index (χ4v) is 5.85. The van der Waals surface area contributed by atoms with E-state index in [0.29, 0.717) is 45.1 Å². The van der Waals surface area contributed by atoms with Gasteiger partial charge < -0.3 is 18.6 Å². The molecule has 0 atom stereocenters. The van der Waals surface area contributed by atoms with Crippen LogP contribution in [0.15, 0.2) is 77.3 Å². The van der Waals surface area contributed by atoms with Gasteiger partial charge in [0.1, 0.15) is 34.1 Å². The van der Waals surface area contributed by atoms with Gasteiger partial charge in [-0.2, -0.15) is 0 Å². The topological polar surface area (TPSA) is 53.7 Å². The summed E-state index contributed by atoms with van der Waals surface area (Å²) in [6.07, 6.45) is 1.73. The predicted octanol–water partition coefficient (Wildman–Crippen LogP) is 5.76. The van der Waals surface area contributed by atoms with Gasteiger partial charge in [0.05, 0.1) is 0 Å². The van der Waals surface area contributed by atoms with Crippen LogP contribution in [0.5, 0.6) is 34.5 Å². The average molecular weight is 487 g/mol. The second-order valence-electron chi connectivity index (χ2n) is 9.33. The molecule has 0 fully saturated rings. The molecule has 0 unspecified atom stereocenters. The normalized spacial score (nSPS) is 13.7. The molecule has 6 aromatic rings. The molecule has 0 amide bonds. The minimum atomic E-state index is -0.516. The summed E-state index contributed by atoms with van der Waals surface area (Å²) in [6, 6.07) is 19.0. The van der Waals surface area contributed by atoms with Gasteiger partial charge in [-0.25, -0.2) is 8.78 Å². The Morgan fingerprint density at radius 1 is 0.649 bits per heavy atom. The molecule has 174 valence electrons. The van der Waals surface area contributed by atoms with Crippen molar-refractivity contribution in [3.8, 4) is 45.6 Å². The lowest BCUT2D eigenvalue weighted by molar-refractivity contribution is 0.413. The third-order valence-electron chi connectivity index (χ3n) is 7.41. The van der Waals surface area contributed by atoms with Gasteiger partial charge in [0.15, 0.2) is 28.7 Å². The SMILES string of the molecule is Fc1ccc2c3c1Oc1ccc(-c4ccc5oc6cccnc6c5c4)c4c1B3c1c(ccc(F)c1O4)O2. The Bertz CT molecular complexity index is 2000. The van der Waals surface area contributed by atoms with E-state index in [1.165, 1.54) is 12.1 Å². The van der Waals surface area contributed by atoms with Crippen LogP contribution < -0.4 is 30.6 Å². The van der Waals surface area contributed by atoms with Gasteiger partial charge in [-0.05, 0) is 66.2 Å². The predicted molar refractivity (Wildman–Crippen MR) is 135 cm³/mol. The first kappa shape index (κ1) is 19.4. The van der Waals surface area contributed by atoms with Crippen LogP contribution in [-0.2, 0) is 0 Å². The summed E-state index contributed by atoms with van der Waals surface area (Å²) in [5, 5.41) is 0.861. The van der Waals surface area contributed by atoms with Crippen molar-refractivity contribution in [2.24, 2.45) is 0 Å². The number of hydrogen-bond acceptors (Lipinski definition) is 5. The summed E-state index contributed by atoms with van der Waals surface area (Å²) < 4.78 is 54.5. The lowest BCUT2D eigenvalue weighted by Gasteiger charge is -2.38. The third-order valence-corrected chi connectivity index (χ3v) is 7.41. The smallest absolute Gasteiger partial charge is 0.270 e. The maximum atomic E-state index is 15.2. The number of pyridine rings is 1. The highest BCUT2D eigenvalue weighted by Gasteiger charge is 2.48. The molecule has 0 aliphatic carbocycles. The first-order chi connectivity index (χ1) is 18.2. The number of aromatic nitrogens is 1. The number of ether oxygens (including phenoxy) is 3. The van der Waals surface area contributed by atoms with Crippen molar-refractivity contribution >= 4 is 45.2 Å². The van der Waals surface area contributed by atoms with Crippen molar-refractivity contribution in [2.75, 3.05) is 0 Å². The van der Waals surface area contributed by atoms with E-state index in [4.69, 9.17) is 18.6 Å². The Morgan fingerprint density at radius 2 is 1.35 bits per heavy atom. The van der Waals surface area contributed by atoms with Gasteiger partial charge in [0, 0.05) is 33.5 Å². The van der Waals surface area contributed by atoms with Gasteiger partial charge in [-0.15, -0.1) is 0 Å². The van der Waals surface area contributed by atoms with Gasteiger partial charge >= 0.3 is 0 Å². The molecule has 37 heavy (non-hydrogen) atoms. The van der Waals surface area contributed by atoms with Gasteiger partial charge in [0.2, 0.25) is 0 Å². The van der Waals surface area contributed by atoms with Crippen LogP contribution in [0.1, 0.15) is 0 Å². The fraction of sp³-hybridized carbons (Fsp3) is 0. The van der Waals surface area contributed by atoms with E-state index < -0.39 is 18.3 Å². The largest absolute Gasteiger partial charge is 0.458 e. The Labute approximate surface area is 207 Å². The molecule has 0 N–H and O–H groups in total. The van der Waals surface area contributed by atoms with E-state index in [9.17, 15) is 4.39 Å². The molecule has 5 nitrogen and oxygen atoms in total. The lowest BCUT2D eigenvalue weighted by atomic mass is 9.33. The quantitative estimate of drug-likeness (QED) is 0.276. The number of rotatable bonds is 1. The molecule has 4 aromatic carbocycles. The second-order valence-corrected chi connectivity index (χ2v) is 9.33. The minimum Gasteiger partial charge on any atom is -0.458 e. The van der Waals surface area contributed by atoms with Gasteiger partial charge in [-0.1, -0.05) is 6.07 Å². The maximum absolute atomic E-state index is 15.2. The Hall–Kier alpha value is -4.85. The van der Waals surface area contributed by atoms with Crippen molar-refractivity contribution in [3.05, 3.63) is 84.6 Å². The maximum Gasteiger partial charge on any atom is 0.270 e. The molecular weight excluding hydrogens is 475 g/mol. The molecule has 0 saturated heterocycles. The number of halogens is 2. The Kier molecular flexibility index (Phi) is 3.39. The van der Waals surface area contributed by atoms with Crippen molar-refractivity contribution in [2.45, 2.75) is 0 Å². The Morgan fingerprint density at radius 3 is 2.16 bits per heavy atom. The van der Waals surface area contributed by atoms with E-state index in [-0.39, 0.29) is 11.5 Å². The van der Waals surface area contributed by atoms with E-state index >= 15 is 4.39 Å². The van der Waals surface area contributed by atoms with Crippen LogP contribution in [0, 0.1) is 11.6 Å². The summed E-state index contributed by atoms with van der Waals surface area (Å²) >= 11 is 0. The zero-order chi connectivity index (χ0) is 24.4. The van der Waals surface area contributed by atoms with Crippen LogP contribution >= 0.6 is 0 Å². The average Bonchev–Trinajstić information content (AvgIpc) is 3.30. The summed E-state index contributed by atoms with van der Waals surface area (Å²) in [5.41, 5.74) is 5.55. The van der Waals surface area contributed by atoms with E-state index in [1.807, 2.05) is 42.5 Å². The summed E-state index contributed by atoms with van der Waals surface area (Å²) in [5.74, 6) is 1.04.